The first-order chi connectivity index (χ1) is 16.9. The number of hydrogen-bond donors (Lipinski definition) is 3. The van der Waals surface area contributed by atoms with E-state index in [1.54, 1.807) is 37.6 Å². The third kappa shape index (κ3) is 4.69. The molecule has 0 spiro atoms. The number of fused-ring (bicyclic) bond motifs is 1. The van der Waals surface area contributed by atoms with Crippen molar-refractivity contribution in [3.63, 3.8) is 0 Å². The van der Waals surface area contributed by atoms with E-state index in [2.05, 4.69) is 35.3 Å². The van der Waals surface area contributed by atoms with Gasteiger partial charge in [-0.25, -0.2) is 19.7 Å². The fraction of sp³-hybridized carbons (Fsp3) is 0.318. The van der Waals surface area contributed by atoms with Gasteiger partial charge in [-0.05, 0) is 37.5 Å². The Morgan fingerprint density at radius 1 is 1.06 bits per heavy atom. The highest BCUT2D eigenvalue weighted by Crippen LogP contribution is 2.25. The third-order valence-electron chi connectivity index (χ3n) is 5.90. The summed E-state index contributed by atoms with van der Waals surface area (Å²) in [7, 11) is 1.62. The van der Waals surface area contributed by atoms with Gasteiger partial charge in [0.1, 0.15) is 11.3 Å². The SMILES string of the molecule is Cn1ccc2c([nH]c(=O)n2-c2ccc(N[C@H]3CC[C@H](Nc4ncc(OC(F)F)cn4)C3)nc2)c1=O. The average Bonchev–Trinajstić information content (AvgIpc) is 3.41. The Labute approximate surface area is 196 Å². The maximum Gasteiger partial charge on any atom is 0.387 e. The lowest BCUT2D eigenvalue weighted by Crippen LogP contribution is -2.22. The van der Waals surface area contributed by atoms with Gasteiger partial charge in [0.15, 0.2) is 5.75 Å². The molecule has 5 rings (SSSR count). The first-order valence-corrected chi connectivity index (χ1v) is 10.9. The molecule has 182 valence electrons. The lowest BCUT2D eigenvalue weighted by molar-refractivity contribution is -0.0503. The standard InChI is InChI=1S/C22H22F2N8O3/c1-31-7-6-16-18(19(31)33)30-22(34)32(16)14-4-5-17(25-9-14)28-12-2-3-13(8-12)29-21-26-10-15(11-27-21)35-20(23)24/h4-7,9-13,20H,2-3,8H2,1H3,(H,25,28)(H,30,34)(H,26,27,29)/t12-,13-/m0/s1. The van der Waals surface area contributed by atoms with Crippen LogP contribution in [0.4, 0.5) is 20.5 Å². The van der Waals surface area contributed by atoms with E-state index in [0.29, 0.717) is 23.0 Å². The van der Waals surface area contributed by atoms with Gasteiger partial charge in [-0.15, -0.1) is 0 Å². The van der Waals surface area contributed by atoms with Crippen LogP contribution >= 0.6 is 0 Å². The van der Waals surface area contributed by atoms with Gasteiger partial charge < -0.3 is 24.9 Å². The molecule has 4 aromatic heterocycles. The van der Waals surface area contributed by atoms with Gasteiger partial charge in [0.25, 0.3) is 5.56 Å². The number of H-pyrrole nitrogens is 1. The highest BCUT2D eigenvalue weighted by molar-refractivity contribution is 5.76. The van der Waals surface area contributed by atoms with Crippen molar-refractivity contribution in [1.82, 2.24) is 29.1 Å². The lowest BCUT2D eigenvalue weighted by atomic mass is 10.2. The van der Waals surface area contributed by atoms with Crippen LogP contribution in [0, 0.1) is 0 Å². The molecule has 2 atom stereocenters. The van der Waals surface area contributed by atoms with E-state index in [-0.39, 0.29) is 28.9 Å². The highest BCUT2D eigenvalue weighted by atomic mass is 19.3. The minimum atomic E-state index is -2.92. The molecule has 1 fully saturated rings. The number of alkyl halides is 2. The van der Waals surface area contributed by atoms with E-state index in [9.17, 15) is 18.4 Å². The van der Waals surface area contributed by atoms with E-state index in [1.165, 1.54) is 21.5 Å². The van der Waals surface area contributed by atoms with Gasteiger partial charge in [-0.2, -0.15) is 8.78 Å². The second kappa shape index (κ2) is 9.16. The second-order valence-corrected chi connectivity index (χ2v) is 8.28. The third-order valence-corrected chi connectivity index (χ3v) is 5.90. The summed E-state index contributed by atoms with van der Waals surface area (Å²) in [5.41, 5.74) is 0.582. The number of hydrogen-bond acceptors (Lipinski definition) is 8. The van der Waals surface area contributed by atoms with Crippen LogP contribution in [0.15, 0.2) is 52.6 Å². The van der Waals surface area contributed by atoms with Gasteiger partial charge in [0.2, 0.25) is 5.95 Å². The van der Waals surface area contributed by atoms with Crippen LogP contribution in [-0.2, 0) is 7.05 Å². The first kappa shape index (κ1) is 22.5. The smallest absolute Gasteiger partial charge is 0.387 e. The molecule has 1 aliphatic carbocycles. The van der Waals surface area contributed by atoms with Crippen LogP contribution in [0.5, 0.6) is 5.75 Å². The van der Waals surface area contributed by atoms with Gasteiger partial charge in [0.05, 0.1) is 29.8 Å². The quantitative estimate of drug-likeness (QED) is 0.364. The molecular formula is C22H22F2N8O3. The number of aromatic nitrogens is 6. The molecule has 0 saturated heterocycles. The van der Waals surface area contributed by atoms with Crippen molar-refractivity contribution in [2.45, 2.75) is 38.0 Å². The summed E-state index contributed by atoms with van der Waals surface area (Å²) in [5, 5.41) is 6.59. The van der Waals surface area contributed by atoms with Crippen LogP contribution in [0.3, 0.4) is 0 Å². The molecular weight excluding hydrogens is 462 g/mol. The first-order valence-electron chi connectivity index (χ1n) is 10.9. The average molecular weight is 484 g/mol. The fourth-order valence-corrected chi connectivity index (χ4v) is 4.25. The van der Waals surface area contributed by atoms with Crippen molar-refractivity contribution in [1.29, 1.82) is 0 Å². The van der Waals surface area contributed by atoms with Crippen LogP contribution in [0.1, 0.15) is 19.3 Å². The molecule has 0 bridgehead atoms. The number of ether oxygens (including phenoxy) is 1. The Morgan fingerprint density at radius 3 is 2.49 bits per heavy atom. The summed E-state index contributed by atoms with van der Waals surface area (Å²) in [5.74, 6) is 0.912. The fourth-order valence-electron chi connectivity index (χ4n) is 4.25. The predicted molar refractivity (Wildman–Crippen MR) is 124 cm³/mol. The zero-order valence-electron chi connectivity index (χ0n) is 18.6. The Kier molecular flexibility index (Phi) is 5.89. The molecule has 35 heavy (non-hydrogen) atoms. The van der Waals surface area contributed by atoms with Crippen molar-refractivity contribution in [2.24, 2.45) is 7.05 Å². The lowest BCUT2D eigenvalue weighted by Gasteiger charge is -2.15. The van der Waals surface area contributed by atoms with E-state index in [4.69, 9.17) is 0 Å². The van der Waals surface area contributed by atoms with Crippen molar-refractivity contribution in [3.05, 3.63) is 63.8 Å². The number of nitrogens with zero attached hydrogens (tertiary/aromatic N) is 5. The number of imidazole rings is 1. The maximum atomic E-state index is 12.5. The Hall–Kier alpha value is -4.29. The number of pyridine rings is 2. The van der Waals surface area contributed by atoms with Gasteiger partial charge >= 0.3 is 12.3 Å². The zero-order valence-corrected chi connectivity index (χ0v) is 18.6. The molecule has 0 amide bonds. The van der Waals surface area contributed by atoms with Gasteiger partial charge in [0, 0.05) is 25.3 Å². The van der Waals surface area contributed by atoms with E-state index >= 15 is 0 Å². The van der Waals surface area contributed by atoms with Crippen molar-refractivity contribution >= 4 is 22.8 Å². The molecule has 13 heteroatoms. The maximum absolute atomic E-state index is 12.5. The van der Waals surface area contributed by atoms with E-state index < -0.39 is 12.3 Å². The normalized spacial score (nSPS) is 17.7. The number of halogens is 2. The summed E-state index contributed by atoms with van der Waals surface area (Å²) in [4.78, 5) is 39.8. The predicted octanol–water partition coefficient (Wildman–Crippen LogP) is 2.25. The summed E-state index contributed by atoms with van der Waals surface area (Å²) >= 11 is 0. The zero-order chi connectivity index (χ0) is 24.5. The highest BCUT2D eigenvalue weighted by Gasteiger charge is 2.25. The molecule has 0 unspecified atom stereocenters. The van der Waals surface area contributed by atoms with Crippen LogP contribution in [0.2, 0.25) is 0 Å². The number of aryl methyl sites for hydroxylation is 1. The summed E-state index contributed by atoms with van der Waals surface area (Å²) in [6.45, 7) is -2.92. The summed E-state index contributed by atoms with van der Waals surface area (Å²) in [6.07, 6.45) is 8.14. The largest absolute Gasteiger partial charge is 0.432 e. The van der Waals surface area contributed by atoms with Gasteiger partial charge in [-0.3, -0.25) is 9.36 Å². The Bertz CT molecular complexity index is 1450. The Balaban J connectivity index is 1.22. The van der Waals surface area contributed by atoms with Gasteiger partial charge in [-0.1, -0.05) is 0 Å². The molecule has 4 heterocycles. The minimum absolute atomic E-state index is 0.0941. The minimum Gasteiger partial charge on any atom is -0.432 e. The molecule has 1 saturated carbocycles. The van der Waals surface area contributed by atoms with Crippen molar-refractivity contribution < 1.29 is 13.5 Å². The van der Waals surface area contributed by atoms with E-state index in [1.807, 2.05) is 0 Å². The number of anilines is 2. The van der Waals surface area contributed by atoms with Crippen LogP contribution < -0.4 is 26.6 Å². The summed E-state index contributed by atoms with van der Waals surface area (Å²) in [6, 6.07) is 5.53. The molecule has 3 N–H and O–H groups in total. The van der Waals surface area contributed by atoms with E-state index in [0.717, 1.165) is 19.3 Å². The van der Waals surface area contributed by atoms with Crippen molar-refractivity contribution in [3.8, 4) is 11.4 Å². The van der Waals surface area contributed by atoms with Crippen LogP contribution in [-0.4, -0.2) is 47.8 Å². The molecule has 0 aromatic carbocycles. The number of rotatable bonds is 7. The molecule has 11 nitrogen and oxygen atoms in total. The topological polar surface area (TPSA) is 132 Å². The molecule has 0 radical (unpaired) electrons. The number of nitrogens with one attached hydrogen (secondary N) is 3. The number of aromatic amines is 1. The van der Waals surface area contributed by atoms with Crippen LogP contribution in [0.25, 0.3) is 16.7 Å². The monoisotopic (exact) mass is 484 g/mol. The molecule has 4 aromatic rings. The molecule has 0 aliphatic heterocycles. The Morgan fingerprint density at radius 2 is 1.80 bits per heavy atom. The molecule has 1 aliphatic rings. The van der Waals surface area contributed by atoms with Crippen molar-refractivity contribution in [2.75, 3.05) is 10.6 Å². The second-order valence-electron chi connectivity index (χ2n) is 8.28. The summed E-state index contributed by atoms with van der Waals surface area (Å²) < 4.78 is 31.5.